The number of carboxylic acid groups (broad SMARTS) is 1. The van der Waals surface area contributed by atoms with E-state index in [0.717, 1.165) is 0 Å². The van der Waals surface area contributed by atoms with Crippen LogP contribution >= 0.6 is 0 Å². The zero-order chi connectivity index (χ0) is 11.5. The second kappa shape index (κ2) is 4.59. The Morgan fingerprint density at radius 1 is 1.43 bits per heavy atom. The topological polar surface area (TPSA) is 71.4 Å². The van der Waals surface area contributed by atoms with E-state index in [1.807, 2.05) is 0 Å². The molecule has 4 nitrogen and oxygen atoms in total. The lowest BCUT2D eigenvalue weighted by Crippen LogP contribution is -2.36. The Kier molecular flexibility index (Phi) is 4.32. The first-order valence-electron chi connectivity index (χ1n) is 4.27. The van der Waals surface area contributed by atoms with E-state index in [1.165, 1.54) is 0 Å². The lowest BCUT2D eigenvalue weighted by molar-refractivity contribution is -0.137. The average molecular weight is 220 g/mol. The van der Waals surface area contributed by atoms with E-state index in [0.29, 0.717) is 5.57 Å². The van der Waals surface area contributed by atoms with Gasteiger partial charge in [-0.25, -0.2) is 8.42 Å². The van der Waals surface area contributed by atoms with E-state index in [4.69, 9.17) is 5.11 Å². The fourth-order valence-electron chi connectivity index (χ4n) is 1.29. The van der Waals surface area contributed by atoms with Crippen molar-refractivity contribution in [3.8, 4) is 0 Å². The molecule has 0 aromatic carbocycles. The Bertz CT molecular complexity index is 327. The van der Waals surface area contributed by atoms with Gasteiger partial charge in [0, 0.05) is 0 Å². The molecule has 14 heavy (non-hydrogen) atoms. The Morgan fingerprint density at radius 2 is 1.86 bits per heavy atom. The number of sulfone groups is 1. The van der Waals surface area contributed by atoms with Crippen molar-refractivity contribution in [2.24, 2.45) is 5.92 Å². The van der Waals surface area contributed by atoms with Gasteiger partial charge in [-0.3, -0.25) is 4.79 Å². The summed E-state index contributed by atoms with van der Waals surface area (Å²) in [6.45, 7) is 8.19. The SMILES string of the molecule is C=C(C)CS(=O)(=O)C(C(=O)O)C(C)C. The number of rotatable bonds is 5. The summed E-state index contributed by atoms with van der Waals surface area (Å²) >= 11 is 0. The summed E-state index contributed by atoms with van der Waals surface area (Å²) in [5.74, 6) is -1.99. The smallest absolute Gasteiger partial charge is 0.322 e. The number of hydrogen-bond donors (Lipinski definition) is 1. The third-order valence-electron chi connectivity index (χ3n) is 1.68. The molecule has 5 heteroatoms. The zero-order valence-corrected chi connectivity index (χ0v) is 9.47. The molecule has 0 fully saturated rings. The van der Waals surface area contributed by atoms with Gasteiger partial charge in [0.2, 0.25) is 0 Å². The highest BCUT2D eigenvalue weighted by Gasteiger charge is 2.34. The fourth-order valence-corrected chi connectivity index (χ4v) is 3.29. The van der Waals surface area contributed by atoms with Gasteiger partial charge in [0.25, 0.3) is 0 Å². The van der Waals surface area contributed by atoms with E-state index in [-0.39, 0.29) is 5.75 Å². The molecular weight excluding hydrogens is 204 g/mol. The maximum Gasteiger partial charge on any atom is 0.322 e. The lowest BCUT2D eigenvalue weighted by atomic mass is 10.1. The molecule has 82 valence electrons. The van der Waals surface area contributed by atoms with Crippen LogP contribution in [0, 0.1) is 5.92 Å². The van der Waals surface area contributed by atoms with Crippen LogP contribution in [0.2, 0.25) is 0 Å². The zero-order valence-electron chi connectivity index (χ0n) is 8.65. The second-order valence-electron chi connectivity index (χ2n) is 3.77. The van der Waals surface area contributed by atoms with E-state index in [1.54, 1.807) is 20.8 Å². The van der Waals surface area contributed by atoms with E-state index >= 15 is 0 Å². The highest BCUT2D eigenvalue weighted by molar-refractivity contribution is 7.92. The van der Waals surface area contributed by atoms with Crippen molar-refractivity contribution in [2.75, 3.05) is 5.75 Å². The van der Waals surface area contributed by atoms with Gasteiger partial charge in [0.15, 0.2) is 15.1 Å². The van der Waals surface area contributed by atoms with Crippen molar-refractivity contribution >= 4 is 15.8 Å². The summed E-state index contributed by atoms with van der Waals surface area (Å²) in [5, 5.41) is 7.45. The Balaban J connectivity index is 5.02. The van der Waals surface area contributed by atoms with E-state index in [2.05, 4.69) is 6.58 Å². The maximum atomic E-state index is 11.6. The number of hydrogen-bond acceptors (Lipinski definition) is 3. The highest BCUT2D eigenvalue weighted by Crippen LogP contribution is 2.15. The van der Waals surface area contributed by atoms with E-state index < -0.39 is 27.0 Å². The van der Waals surface area contributed by atoms with Crippen molar-refractivity contribution in [1.82, 2.24) is 0 Å². The van der Waals surface area contributed by atoms with Gasteiger partial charge in [0.1, 0.15) is 0 Å². The third kappa shape index (κ3) is 3.49. The average Bonchev–Trinajstić information content (AvgIpc) is 1.77. The van der Waals surface area contributed by atoms with Crippen LogP contribution in [0.1, 0.15) is 20.8 Å². The fraction of sp³-hybridized carbons (Fsp3) is 0.667. The van der Waals surface area contributed by atoms with Crippen LogP contribution < -0.4 is 0 Å². The largest absolute Gasteiger partial charge is 0.480 e. The van der Waals surface area contributed by atoms with Gasteiger partial charge >= 0.3 is 5.97 Å². The first-order valence-corrected chi connectivity index (χ1v) is 5.98. The molecular formula is C9H16O4S. The monoisotopic (exact) mass is 220 g/mol. The Morgan fingerprint density at radius 3 is 2.07 bits per heavy atom. The van der Waals surface area contributed by atoms with Gasteiger partial charge in [-0.1, -0.05) is 26.0 Å². The first-order chi connectivity index (χ1) is 6.18. The number of aliphatic carboxylic acids is 1. The van der Waals surface area contributed by atoms with Crippen LogP contribution in [0.15, 0.2) is 12.2 Å². The highest BCUT2D eigenvalue weighted by atomic mass is 32.2. The maximum absolute atomic E-state index is 11.6. The second-order valence-corrected chi connectivity index (χ2v) is 5.89. The van der Waals surface area contributed by atoms with Crippen molar-refractivity contribution in [1.29, 1.82) is 0 Å². The minimum absolute atomic E-state index is 0.262. The van der Waals surface area contributed by atoms with Crippen LogP contribution in [-0.2, 0) is 14.6 Å². The van der Waals surface area contributed by atoms with Gasteiger partial charge in [-0.2, -0.15) is 0 Å². The molecule has 1 atom stereocenters. The van der Waals surface area contributed by atoms with Crippen molar-refractivity contribution < 1.29 is 18.3 Å². The predicted molar refractivity (Wildman–Crippen MR) is 54.9 cm³/mol. The third-order valence-corrected chi connectivity index (χ3v) is 4.10. The van der Waals surface area contributed by atoms with Crippen LogP contribution in [0.5, 0.6) is 0 Å². The molecule has 0 heterocycles. The van der Waals surface area contributed by atoms with Gasteiger partial charge < -0.3 is 5.11 Å². The molecule has 0 radical (unpaired) electrons. The molecule has 0 aliphatic rings. The quantitative estimate of drug-likeness (QED) is 0.704. The Labute approximate surface area is 84.6 Å². The van der Waals surface area contributed by atoms with Crippen LogP contribution in [0.4, 0.5) is 0 Å². The minimum atomic E-state index is -3.62. The van der Waals surface area contributed by atoms with Crippen LogP contribution in [-0.4, -0.2) is 30.5 Å². The molecule has 0 saturated heterocycles. The van der Waals surface area contributed by atoms with Crippen LogP contribution in [0.3, 0.4) is 0 Å². The summed E-state index contributed by atoms with van der Waals surface area (Å²) in [5.41, 5.74) is 0.455. The van der Waals surface area contributed by atoms with Crippen molar-refractivity contribution in [3.05, 3.63) is 12.2 Å². The lowest BCUT2D eigenvalue weighted by Gasteiger charge is -2.16. The van der Waals surface area contributed by atoms with Gasteiger partial charge in [-0.15, -0.1) is 0 Å². The molecule has 0 bridgehead atoms. The molecule has 0 spiro atoms. The molecule has 0 aromatic heterocycles. The van der Waals surface area contributed by atoms with E-state index in [9.17, 15) is 13.2 Å². The molecule has 0 saturated carbocycles. The normalized spacial score (nSPS) is 14.0. The predicted octanol–water partition coefficient (Wildman–Crippen LogP) is 1.09. The molecule has 1 unspecified atom stereocenters. The van der Waals surface area contributed by atoms with Crippen molar-refractivity contribution in [3.63, 3.8) is 0 Å². The molecule has 0 aliphatic heterocycles. The molecule has 0 aromatic rings. The standard InChI is InChI=1S/C9H16O4S/c1-6(2)5-14(12,13)8(7(3)4)9(10)11/h7-8H,1,5H2,2-4H3,(H,10,11). The summed E-state index contributed by atoms with van der Waals surface area (Å²) in [6.07, 6.45) is 0. The van der Waals surface area contributed by atoms with Gasteiger partial charge in [0.05, 0.1) is 5.75 Å². The van der Waals surface area contributed by atoms with Crippen LogP contribution in [0.25, 0.3) is 0 Å². The first kappa shape index (κ1) is 13.2. The Hall–Kier alpha value is -0.840. The molecule has 0 amide bonds. The summed E-state index contributed by atoms with van der Waals surface area (Å²) in [7, 11) is -3.62. The number of carboxylic acids is 1. The molecule has 0 aliphatic carbocycles. The summed E-state index contributed by atoms with van der Waals surface area (Å²) < 4.78 is 23.2. The minimum Gasteiger partial charge on any atom is -0.480 e. The summed E-state index contributed by atoms with van der Waals surface area (Å²) in [4.78, 5) is 10.8. The number of carbonyl (C=O) groups is 1. The summed E-state index contributed by atoms with van der Waals surface area (Å²) in [6, 6.07) is 0. The molecule has 1 N–H and O–H groups in total. The van der Waals surface area contributed by atoms with Gasteiger partial charge in [-0.05, 0) is 12.8 Å². The molecule has 0 rings (SSSR count). The van der Waals surface area contributed by atoms with Crippen molar-refractivity contribution in [2.45, 2.75) is 26.0 Å².